The molecule has 2 atom stereocenters. The lowest BCUT2D eigenvalue weighted by Gasteiger charge is -2.33. The molecule has 0 saturated heterocycles. The summed E-state index contributed by atoms with van der Waals surface area (Å²) in [5, 5.41) is 0. The van der Waals surface area contributed by atoms with E-state index in [1.54, 1.807) is 6.08 Å². The first-order chi connectivity index (χ1) is 7.45. The minimum absolute atomic E-state index is 0.160. The Morgan fingerprint density at radius 2 is 2.38 bits per heavy atom. The van der Waals surface area contributed by atoms with Crippen LogP contribution in [0, 0.1) is 5.92 Å². The van der Waals surface area contributed by atoms with E-state index in [-0.39, 0.29) is 18.1 Å². The van der Waals surface area contributed by atoms with Crippen molar-refractivity contribution >= 4 is 23.4 Å². The van der Waals surface area contributed by atoms with Crippen LogP contribution in [0.25, 0.3) is 0 Å². The third-order valence-corrected chi connectivity index (χ3v) is 3.22. The fraction of sp³-hybridized carbons (Fsp3) is 0.500. The van der Waals surface area contributed by atoms with E-state index in [2.05, 4.69) is 17.9 Å². The first-order valence-electron chi connectivity index (χ1n) is 5.05. The van der Waals surface area contributed by atoms with Crippen molar-refractivity contribution in [3.8, 4) is 0 Å². The predicted molar refractivity (Wildman–Crippen MR) is 62.3 cm³/mol. The molecule has 0 aliphatic heterocycles. The first-order valence-corrected chi connectivity index (χ1v) is 5.42. The van der Waals surface area contributed by atoms with Gasteiger partial charge in [0.05, 0.1) is 7.11 Å². The highest BCUT2D eigenvalue weighted by Gasteiger charge is 2.50. The van der Waals surface area contributed by atoms with Crippen molar-refractivity contribution in [2.75, 3.05) is 7.11 Å². The lowest BCUT2D eigenvalue weighted by atomic mass is 9.76. The number of hydrogen-bond donors (Lipinski definition) is 0. The fourth-order valence-electron chi connectivity index (χ4n) is 1.99. The van der Waals surface area contributed by atoms with E-state index in [4.69, 9.17) is 11.6 Å². The number of allylic oxidation sites excluding steroid dienone is 2. The second-order valence-electron chi connectivity index (χ2n) is 4.01. The molecule has 3 nitrogen and oxygen atoms in total. The van der Waals surface area contributed by atoms with E-state index in [9.17, 15) is 9.59 Å². The molecular weight excluding hydrogens is 228 g/mol. The summed E-state index contributed by atoms with van der Waals surface area (Å²) in [5.41, 5.74) is 0.798. The van der Waals surface area contributed by atoms with Crippen molar-refractivity contribution in [3.63, 3.8) is 0 Å². The molecule has 4 heteroatoms. The second kappa shape index (κ2) is 4.83. The van der Waals surface area contributed by atoms with Crippen molar-refractivity contribution in [1.82, 2.24) is 0 Å². The topological polar surface area (TPSA) is 43.4 Å². The number of rotatable bonds is 3. The van der Waals surface area contributed by atoms with Gasteiger partial charge < -0.3 is 4.74 Å². The van der Waals surface area contributed by atoms with E-state index in [1.807, 2.05) is 0 Å². The molecule has 0 aromatic heterocycles. The van der Waals surface area contributed by atoms with Gasteiger partial charge in [-0.25, -0.2) is 4.79 Å². The molecule has 1 aliphatic carbocycles. The number of methoxy groups -OCH3 is 1. The Kier molecular flexibility index (Phi) is 3.92. The van der Waals surface area contributed by atoms with Crippen LogP contribution >= 0.6 is 11.6 Å². The third-order valence-electron chi connectivity index (χ3n) is 2.75. The number of alkyl halides is 1. The van der Waals surface area contributed by atoms with E-state index in [0.717, 1.165) is 5.57 Å². The second-order valence-corrected chi connectivity index (χ2v) is 4.65. The average molecular weight is 243 g/mol. The van der Waals surface area contributed by atoms with Crippen LogP contribution in [0.1, 0.15) is 19.3 Å². The van der Waals surface area contributed by atoms with Gasteiger partial charge in [-0.05, 0) is 12.8 Å². The maximum absolute atomic E-state index is 12.1. The van der Waals surface area contributed by atoms with Crippen molar-refractivity contribution in [2.45, 2.75) is 24.1 Å². The van der Waals surface area contributed by atoms with Crippen molar-refractivity contribution < 1.29 is 14.3 Å². The van der Waals surface area contributed by atoms with Gasteiger partial charge in [0.2, 0.25) is 4.87 Å². The summed E-state index contributed by atoms with van der Waals surface area (Å²) in [6.07, 6.45) is 2.88. The Morgan fingerprint density at radius 3 is 2.88 bits per heavy atom. The monoisotopic (exact) mass is 242 g/mol. The largest absolute Gasteiger partial charge is 0.467 e. The quantitative estimate of drug-likeness (QED) is 0.330. The van der Waals surface area contributed by atoms with Gasteiger partial charge in [0, 0.05) is 12.3 Å². The van der Waals surface area contributed by atoms with Gasteiger partial charge in [0.25, 0.3) is 0 Å². The number of carbonyl (C=O) groups excluding carboxylic acids is 2. The highest BCUT2D eigenvalue weighted by molar-refractivity contribution is 6.46. The molecule has 0 heterocycles. The number of Topliss-reactive ketones (excluding diaryl/α,β-unsaturated/α-hetero) is 1. The molecule has 1 fully saturated rings. The van der Waals surface area contributed by atoms with E-state index < -0.39 is 10.8 Å². The molecule has 1 saturated carbocycles. The molecule has 1 aliphatic rings. The van der Waals surface area contributed by atoms with E-state index >= 15 is 0 Å². The van der Waals surface area contributed by atoms with Gasteiger partial charge in [-0.3, -0.25) is 4.79 Å². The Balaban J connectivity index is 3.00. The molecule has 0 N–H and O–H groups in total. The van der Waals surface area contributed by atoms with Gasteiger partial charge in [-0.2, -0.15) is 0 Å². The van der Waals surface area contributed by atoms with Crippen molar-refractivity contribution in [1.29, 1.82) is 0 Å². The number of esters is 1. The first kappa shape index (κ1) is 13.0. The summed E-state index contributed by atoms with van der Waals surface area (Å²) in [5.74, 6) is -1.29. The fourth-order valence-corrected chi connectivity index (χ4v) is 2.42. The summed E-state index contributed by atoms with van der Waals surface area (Å²) in [7, 11) is 1.22. The van der Waals surface area contributed by atoms with Crippen LogP contribution in [0.2, 0.25) is 0 Å². The van der Waals surface area contributed by atoms with Gasteiger partial charge in [0.1, 0.15) is 0 Å². The Hall–Kier alpha value is -1.09. The SMILES string of the molecule is C=CC[C@H]1CC(=C)C[C@](Cl)(C(=O)OC)C1=O. The summed E-state index contributed by atoms with van der Waals surface area (Å²) >= 11 is 6.08. The minimum atomic E-state index is -1.59. The predicted octanol–water partition coefficient (Wildman–Crippen LogP) is 2.25. The van der Waals surface area contributed by atoms with Crippen LogP contribution in [-0.2, 0) is 14.3 Å². The molecule has 0 aromatic rings. The third kappa shape index (κ3) is 2.19. The maximum atomic E-state index is 12.1. The Morgan fingerprint density at radius 1 is 1.75 bits per heavy atom. The van der Waals surface area contributed by atoms with Crippen molar-refractivity contribution in [3.05, 3.63) is 24.8 Å². The Labute approximate surface area is 100 Å². The molecule has 0 bridgehead atoms. The van der Waals surface area contributed by atoms with E-state index in [1.165, 1.54) is 7.11 Å². The van der Waals surface area contributed by atoms with Gasteiger partial charge in [0.15, 0.2) is 5.78 Å². The maximum Gasteiger partial charge on any atom is 0.334 e. The molecule has 88 valence electrons. The van der Waals surface area contributed by atoms with Crippen LogP contribution in [-0.4, -0.2) is 23.7 Å². The van der Waals surface area contributed by atoms with Crippen LogP contribution in [0.4, 0.5) is 0 Å². The van der Waals surface area contributed by atoms with Gasteiger partial charge in [-0.15, -0.1) is 6.58 Å². The molecule has 0 amide bonds. The highest BCUT2D eigenvalue weighted by atomic mass is 35.5. The number of carbonyl (C=O) groups is 2. The standard InChI is InChI=1S/C12H15ClO3/c1-4-5-9-6-8(2)7-12(13,10(9)14)11(15)16-3/h4,9H,1-2,5-7H2,3H3/t9-,12+/m0/s1. The summed E-state index contributed by atoms with van der Waals surface area (Å²) < 4.78 is 4.58. The number of hydrogen-bond acceptors (Lipinski definition) is 3. The van der Waals surface area contributed by atoms with E-state index in [0.29, 0.717) is 12.8 Å². The zero-order valence-corrected chi connectivity index (χ0v) is 10.0. The zero-order chi connectivity index (χ0) is 12.3. The molecule has 0 aromatic carbocycles. The number of halogens is 1. The lowest BCUT2D eigenvalue weighted by molar-refractivity contribution is -0.149. The summed E-state index contributed by atoms with van der Waals surface area (Å²) in [6.45, 7) is 7.40. The minimum Gasteiger partial charge on any atom is -0.467 e. The molecule has 1 rings (SSSR count). The van der Waals surface area contributed by atoms with Crippen LogP contribution < -0.4 is 0 Å². The van der Waals surface area contributed by atoms with Crippen LogP contribution in [0.5, 0.6) is 0 Å². The molecule has 0 radical (unpaired) electrons. The van der Waals surface area contributed by atoms with Gasteiger partial charge in [-0.1, -0.05) is 29.8 Å². The van der Waals surface area contributed by atoms with Crippen LogP contribution in [0.15, 0.2) is 24.8 Å². The normalized spacial score (nSPS) is 30.0. The molecule has 16 heavy (non-hydrogen) atoms. The zero-order valence-electron chi connectivity index (χ0n) is 9.29. The average Bonchev–Trinajstić information content (AvgIpc) is 2.24. The molecule has 0 unspecified atom stereocenters. The van der Waals surface area contributed by atoms with Crippen LogP contribution in [0.3, 0.4) is 0 Å². The molecular formula is C12H15ClO3. The molecule has 0 spiro atoms. The number of ketones is 1. The smallest absolute Gasteiger partial charge is 0.334 e. The Bertz CT molecular complexity index is 348. The van der Waals surface area contributed by atoms with Crippen molar-refractivity contribution in [2.24, 2.45) is 5.92 Å². The summed E-state index contributed by atoms with van der Waals surface area (Å²) in [4.78, 5) is 22.0. The van der Waals surface area contributed by atoms with Gasteiger partial charge >= 0.3 is 5.97 Å². The highest BCUT2D eigenvalue weighted by Crippen LogP contribution is 2.39. The number of ether oxygens (including phenoxy) is 1. The summed E-state index contributed by atoms with van der Waals surface area (Å²) in [6, 6.07) is 0. The lowest BCUT2D eigenvalue weighted by Crippen LogP contribution is -2.48.